The minimum Gasteiger partial charge on any atom is -0.297 e. The lowest BCUT2D eigenvalue weighted by atomic mass is 10.0. The summed E-state index contributed by atoms with van der Waals surface area (Å²) in [5.41, 5.74) is 2.44. The van der Waals surface area contributed by atoms with Crippen LogP contribution >= 0.6 is 0 Å². The van der Waals surface area contributed by atoms with Crippen LogP contribution in [0.2, 0.25) is 0 Å². The smallest absolute Gasteiger partial charge is 0.103 e. The maximum atomic E-state index is 9.19. The lowest BCUT2D eigenvalue weighted by molar-refractivity contribution is 0.0764. The molecule has 1 fully saturated rings. The second-order valence-electron chi connectivity index (χ2n) is 6.10. The fourth-order valence-electron chi connectivity index (χ4n) is 2.67. The molecule has 0 atom stereocenters. The zero-order valence-corrected chi connectivity index (χ0v) is 12.9. The van der Waals surface area contributed by atoms with Crippen LogP contribution < -0.4 is 0 Å². The number of nitrogens with zero attached hydrogens (tertiary/aromatic N) is 3. The van der Waals surface area contributed by atoms with Crippen molar-refractivity contribution >= 4 is 0 Å². The topological polar surface area (TPSA) is 30.3 Å². The van der Waals surface area contributed by atoms with Crippen LogP contribution in [0, 0.1) is 11.3 Å². The Labute approximate surface area is 122 Å². The fourth-order valence-corrected chi connectivity index (χ4v) is 2.67. The molecular weight excluding hydrogens is 246 g/mol. The van der Waals surface area contributed by atoms with Crippen molar-refractivity contribution in [3.63, 3.8) is 0 Å². The number of hydrogen-bond donors (Lipinski definition) is 0. The third-order valence-corrected chi connectivity index (χ3v) is 4.27. The Balaban J connectivity index is 1.86. The highest BCUT2D eigenvalue weighted by Gasteiger charge is 2.29. The van der Waals surface area contributed by atoms with E-state index in [4.69, 9.17) is 0 Å². The standard InChI is InChI=1S/C17H25N3/c1-4-15-5-7-16(8-6-15)13-19-9-11-20(12-10-19)17(2,3)14-18/h5-8H,4,9-13H2,1-3H3. The van der Waals surface area contributed by atoms with Gasteiger partial charge in [-0.3, -0.25) is 9.80 Å². The summed E-state index contributed by atoms with van der Waals surface area (Å²) in [4.78, 5) is 4.76. The monoisotopic (exact) mass is 271 g/mol. The molecule has 1 heterocycles. The molecule has 0 saturated carbocycles. The summed E-state index contributed by atoms with van der Waals surface area (Å²) < 4.78 is 0. The SMILES string of the molecule is CCc1ccc(CN2CCN(C(C)(C)C#N)CC2)cc1. The van der Waals surface area contributed by atoms with Crippen LogP contribution in [0.5, 0.6) is 0 Å². The molecule has 0 radical (unpaired) electrons. The molecule has 2 rings (SSSR count). The summed E-state index contributed by atoms with van der Waals surface area (Å²) in [6, 6.07) is 11.3. The molecule has 3 nitrogen and oxygen atoms in total. The van der Waals surface area contributed by atoms with Gasteiger partial charge >= 0.3 is 0 Å². The third kappa shape index (κ3) is 3.59. The molecule has 0 amide bonds. The Kier molecular flexibility index (Phi) is 4.80. The third-order valence-electron chi connectivity index (χ3n) is 4.27. The summed E-state index contributed by atoms with van der Waals surface area (Å²) in [6.45, 7) is 11.3. The van der Waals surface area contributed by atoms with Crippen molar-refractivity contribution in [1.29, 1.82) is 5.26 Å². The molecule has 1 aromatic rings. The summed E-state index contributed by atoms with van der Waals surface area (Å²) in [5.74, 6) is 0. The number of hydrogen-bond acceptors (Lipinski definition) is 3. The first kappa shape index (κ1) is 15.0. The number of piperazine rings is 1. The molecule has 0 spiro atoms. The molecule has 0 aromatic heterocycles. The van der Waals surface area contributed by atoms with Gasteiger partial charge in [-0.1, -0.05) is 31.2 Å². The number of rotatable bonds is 4. The largest absolute Gasteiger partial charge is 0.297 e. The van der Waals surface area contributed by atoms with Crippen molar-refractivity contribution in [2.45, 2.75) is 39.3 Å². The van der Waals surface area contributed by atoms with Gasteiger partial charge in [-0.15, -0.1) is 0 Å². The molecular formula is C17H25N3. The molecule has 0 N–H and O–H groups in total. The molecule has 1 saturated heterocycles. The summed E-state index contributed by atoms with van der Waals surface area (Å²) >= 11 is 0. The van der Waals surface area contributed by atoms with Crippen LogP contribution in [-0.4, -0.2) is 41.5 Å². The zero-order valence-electron chi connectivity index (χ0n) is 12.9. The summed E-state index contributed by atoms with van der Waals surface area (Å²) in [7, 11) is 0. The highest BCUT2D eigenvalue weighted by atomic mass is 15.3. The molecule has 108 valence electrons. The highest BCUT2D eigenvalue weighted by molar-refractivity contribution is 5.22. The van der Waals surface area contributed by atoms with Gasteiger partial charge in [0.1, 0.15) is 5.54 Å². The van der Waals surface area contributed by atoms with Gasteiger partial charge in [0.15, 0.2) is 0 Å². The summed E-state index contributed by atoms with van der Waals surface area (Å²) in [6.07, 6.45) is 1.10. The van der Waals surface area contributed by atoms with Gasteiger partial charge in [0.25, 0.3) is 0 Å². The minimum atomic E-state index is -0.338. The summed E-state index contributed by atoms with van der Waals surface area (Å²) in [5, 5.41) is 9.19. The molecule has 1 aliphatic heterocycles. The van der Waals surface area contributed by atoms with Gasteiger partial charge in [-0.25, -0.2) is 0 Å². The van der Waals surface area contributed by atoms with Crippen LogP contribution in [0.1, 0.15) is 31.9 Å². The van der Waals surface area contributed by atoms with Crippen molar-refractivity contribution < 1.29 is 0 Å². The fraction of sp³-hybridized carbons (Fsp3) is 0.588. The molecule has 0 unspecified atom stereocenters. The van der Waals surface area contributed by atoms with E-state index in [9.17, 15) is 5.26 Å². The Bertz CT molecular complexity index is 462. The van der Waals surface area contributed by atoms with Crippen molar-refractivity contribution in [2.75, 3.05) is 26.2 Å². The van der Waals surface area contributed by atoms with Gasteiger partial charge in [0.2, 0.25) is 0 Å². The van der Waals surface area contributed by atoms with Crippen LogP contribution in [-0.2, 0) is 13.0 Å². The average Bonchev–Trinajstić information content (AvgIpc) is 2.48. The van der Waals surface area contributed by atoms with Crippen molar-refractivity contribution in [1.82, 2.24) is 9.80 Å². The highest BCUT2D eigenvalue weighted by Crippen LogP contribution is 2.17. The first-order valence-electron chi connectivity index (χ1n) is 7.51. The Hall–Kier alpha value is -1.37. The van der Waals surface area contributed by atoms with Gasteiger partial charge < -0.3 is 0 Å². The van der Waals surface area contributed by atoms with Crippen LogP contribution in [0.4, 0.5) is 0 Å². The van der Waals surface area contributed by atoms with E-state index in [1.54, 1.807) is 0 Å². The van der Waals surface area contributed by atoms with E-state index in [0.717, 1.165) is 39.1 Å². The van der Waals surface area contributed by atoms with E-state index in [0.29, 0.717) is 0 Å². The van der Waals surface area contributed by atoms with Crippen LogP contribution in [0.3, 0.4) is 0 Å². The van der Waals surface area contributed by atoms with Crippen molar-refractivity contribution in [3.8, 4) is 6.07 Å². The minimum absolute atomic E-state index is 0.338. The van der Waals surface area contributed by atoms with Crippen LogP contribution in [0.25, 0.3) is 0 Å². The predicted molar refractivity (Wildman–Crippen MR) is 82.4 cm³/mol. The van der Waals surface area contributed by atoms with Crippen molar-refractivity contribution in [2.24, 2.45) is 0 Å². The average molecular weight is 271 g/mol. The first-order chi connectivity index (χ1) is 9.55. The maximum Gasteiger partial charge on any atom is 0.103 e. The maximum absolute atomic E-state index is 9.19. The van der Waals surface area contributed by atoms with E-state index in [1.165, 1.54) is 11.1 Å². The van der Waals surface area contributed by atoms with E-state index in [-0.39, 0.29) is 5.54 Å². The zero-order chi connectivity index (χ0) is 14.6. The molecule has 0 bridgehead atoms. The lowest BCUT2D eigenvalue weighted by Crippen LogP contribution is -2.53. The number of aryl methyl sites for hydroxylation is 1. The molecule has 20 heavy (non-hydrogen) atoms. The second kappa shape index (κ2) is 6.39. The van der Waals surface area contributed by atoms with Gasteiger partial charge in [-0.2, -0.15) is 5.26 Å². The van der Waals surface area contributed by atoms with Gasteiger partial charge in [0, 0.05) is 32.7 Å². The normalized spacial score (nSPS) is 17.9. The van der Waals surface area contributed by atoms with E-state index < -0.39 is 0 Å². The van der Waals surface area contributed by atoms with Crippen molar-refractivity contribution in [3.05, 3.63) is 35.4 Å². The predicted octanol–water partition coefficient (Wildman–Crippen LogP) is 2.67. The Morgan fingerprint density at radius 3 is 2.10 bits per heavy atom. The van der Waals surface area contributed by atoms with E-state index in [2.05, 4.69) is 47.1 Å². The van der Waals surface area contributed by atoms with Gasteiger partial charge in [-0.05, 0) is 31.4 Å². The van der Waals surface area contributed by atoms with E-state index in [1.807, 2.05) is 13.8 Å². The molecule has 1 aromatic carbocycles. The quantitative estimate of drug-likeness (QED) is 0.843. The second-order valence-corrected chi connectivity index (χ2v) is 6.10. The molecule has 3 heteroatoms. The van der Waals surface area contributed by atoms with E-state index >= 15 is 0 Å². The van der Waals surface area contributed by atoms with Gasteiger partial charge in [0.05, 0.1) is 6.07 Å². The lowest BCUT2D eigenvalue weighted by Gasteiger charge is -2.40. The Morgan fingerprint density at radius 1 is 1.05 bits per heavy atom. The van der Waals surface area contributed by atoms with Crippen LogP contribution in [0.15, 0.2) is 24.3 Å². The molecule has 0 aliphatic carbocycles. The first-order valence-corrected chi connectivity index (χ1v) is 7.51. The number of benzene rings is 1. The Morgan fingerprint density at radius 2 is 1.60 bits per heavy atom. The number of nitriles is 1. The molecule has 1 aliphatic rings.